The minimum absolute atomic E-state index is 0.0970. The van der Waals surface area contributed by atoms with Gasteiger partial charge in [-0.3, -0.25) is 4.79 Å². The number of nitrogens with one attached hydrogen (secondary N) is 1. The monoisotopic (exact) mass is 261 g/mol. The molecule has 19 heavy (non-hydrogen) atoms. The van der Waals surface area contributed by atoms with Gasteiger partial charge in [-0.05, 0) is 25.0 Å². The van der Waals surface area contributed by atoms with E-state index in [9.17, 15) is 4.79 Å². The summed E-state index contributed by atoms with van der Waals surface area (Å²) in [7, 11) is 0. The third-order valence-corrected chi connectivity index (χ3v) is 3.80. The normalized spacial score (nSPS) is 22.2. The van der Waals surface area contributed by atoms with Crippen molar-refractivity contribution in [2.24, 2.45) is 5.92 Å². The van der Waals surface area contributed by atoms with Gasteiger partial charge in [0.05, 0.1) is 6.54 Å². The summed E-state index contributed by atoms with van der Waals surface area (Å²) in [4.78, 5) is 11.9. The van der Waals surface area contributed by atoms with Crippen molar-refractivity contribution in [2.45, 2.75) is 31.8 Å². The van der Waals surface area contributed by atoms with Crippen LogP contribution in [0.25, 0.3) is 0 Å². The quantitative estimate of drug-likeness (QED) is 0.906. The smallest absolute Gasteiger partial charge is 0.223 e. The number of hydrogen-bond acceptors (Lipinski definition) is 3. The Morgan fingerprint density at radius 1 is 1.21 bits per heavy atom. The summed E-state index contributed by atoms with van der Waals surface area (Å²) in [6, 6.07) is 7.62. The van der Waals surface area contributed by atoms with E-state index in [2.05, 4.69) is 5.32 Å². The molecule has 0 spiro atoms. The zero-order valence-corrected chi connectivity index (χ0v) is 10.9. The van der Waals surface area contributed by atoms with E-state index in [0.717, 1.165) is 24.3 Å². The van der Waals surface area contributed by atoms with Gasteiger partial charge in [0.25, 0.3) is 0 Å². The molecule has 1 aromatic rings. The van der Waals surface area contributed by atoms with Gasteiger partial charge in [0.1, 0.15) is 12.7 Å². The Balaban J connectivity index is 1.50. The van der Waals surface area contributed by atoms with Crippen LogP contribution in [-0.2, 0) is 4.79 Å². The zero-order valence-electron chi connectivity index (χ0n) is 10.9. The molecule has 1 amide bonds. The number of fused-ring (bicyclic) bond motifs is 1. The van der Waals surface area contributed by atoms with E-state index in [1.807, 2.05) is 24.3 Å². The number of ether oxygens (including phenoxy) is 2. The molecule has 2 aliphatic rings. The molecule has 1 aromatic carbocycles. The van der Waals surface area contributed by atoms with Crippen LogP contribution in [0.2, 0.25) is 0 Å². The SMILES string of the molecule is O=C(NC[C@@H]1COc2ccccc2O1)C1CCCC1. The maximum absolute atomic E-state index is 11.9. The van der Waals surface area contributed by atoms with Crippen molar-refractivity contribution in [2.75, 3.05) is 13.2 Å². The van der Waals surface area contributed by atoms with E-state index in [-0.39, 0.29) is 17.9 Å². The predicted octanol–water partition coefficient (Wildman–Crippen LogP) is 2.13. The first kappa shape index (κ1) is 12.3. The van der Waals surface area contributed by atoms with Gasteiger partial charge in [-0.2, -0.15) is 0 Å². The van der Waals surface area contributed by atoms with Gasteiger partial charge in [-0.1, -0.05) is 25.0 Å². The fraction of sp³-hybridized carbons (Fsp3) is 0.533. The molecule has 0 saturated heterocycles. The topological polar surface area (TPSA) is 47.6 Å². The van der Waals surface area contributed by atoms with Crippen LogP contribution in [0.3, 0.4) is 0 Å². The maximum Gasteiger partial charge on any atom is 0.223 e. The Morgan fingerprint density at radius 2 is 1.95 bits per heavy atom. The average molecular weight is 261 g/mol. The fourth-order valence-corrected chi connectivity index (χ4v) is 2.71. The van der Waals surface area contributed by atoms with Gasteiger partial charge in [-0.25, -0.2) is 0 Å². The predicted molar refractivity (Wildman–Crippen MR) is 71.3 cm³/mol. The minimum atomic E-state index is -0.0970. The van der Waals surface area contributed by atoms with Crippen molar-refractivity contribution in [3.05, 3.63) is 24.3 Å². The number of benzene rings is 1. The van der Waals surface area contributed by atoms with E-state index in [0.29, 0.717) is 13.2 Å². The van der Waals surface area contributed by atoms with Gasteiger partial charge >= 0.3 is 0 Å². The number of carbonyl (C=O) groups excluding carboxylic acids is 1. The Bertz CT molecular complexity index is 454. The molecule has 1 aliphatic carbocycles. The van der Waals surface area contributed by atoms with Crippen molar-refractivity contribution in [1.82, 2.24) is 5.32 Å². The molecule has 0 aromatic heterocycles. The summed E-state index contributed by atoms with van der Waals surface area (Å²) in [6.07, 6.45) is 4.30. The lowest BCUT2D eigenvalue weighted by molar-refractivity contribution is -0.125. The van der Waals surface area contributed by atoms with Crippen molar-refractivity contribution < 1.29 is 14.3 Å². The fourth-order valence-electron chi connectivity index (χ4n) is 2.71. The third kappa shape index (κ3) is 2.83. The Hall–Kier alpha value is -1.71. The third-order valence-electron chi connectivity index (χ3n) is 3.80. The highest BCUT2D eigenvalue weighted by Crippen LogP contribution is 2.30. The second-order valence-corrected chi connectivity index (χ2v) is 5.22. The summed E-state index contributed by atoms with van der Waals surface area (Å²) in [5, 5.41) is 2.98. The van der Waals surface area contributed by atoms with Gasteiger partial charge in [0.2, 0.25) is 5.91 Å². The Kier molecular flexibility index (Phi) is 3.58. The van der Waals surface area contributed by atoms with E-state index in [1.165, 1.54) is 12.8 Å². The molecule has 0 radical (unpaired) electrons. The molecule has 102 valence electrons. The average Bonchev–Trinajstić information content (AvgIpc) is 2.99. The van der Waals surface area contributed by atoms with Crippen molar-refractivity contribution in [3.63, 3.8) is 0 Å². The number of para-hydroxylation sites is 2. The molecule has 4 nitrogen and oxygen atoms in total. The first-order valence-corrected chi connectivity index (χ1v) is 6.99. The van der Waals surface area contributed by atoms with Crippen molar-refractivity contribution >= 4 is 5.91 Å². The van der Waals surface area contributed by atoms with Gasteiger partial charge in [0, 0.05) is 5.92 Å². The van der Waals surface area contributed by atoms with Gasteiger partial charge in [0.15, 0.2) is 11.5 Å². The number of rotatable bonds is 3. The molecule has 3 rings (SSSR count). The maximum atomic E-state index is 11.9. The second kappa shape index (κ2) is 5.51. The van der Waals surface area contributed by atoms with E-state index >= 15 is 0 Å². The van der Waals surface area contributed by atoms with Crippen LogP contribution in [0.1, 0.15) is 25.7 Å². The molecular formula is C15H19NO3. The highest BCUT2D eigenvalue weighted by Gasteiger charge is 2.25. The van der Waals surface area contributed by atoms with E-state index < -0.39 is 0 Å². The lowest BCUT2D eigenvalue weighted by Gasteiger charge is -2.26. The molecule has 1 fully saturated rings. The highest BCUT2D eigenvalue weighted by atomic mass is 16.6. The molecule has 0 bridgehead atoms. The molecule has 4 heteroatoms. The zero-order chi connectivity index (χ0) is 13.1. The summed E-state index contributed by atoms with van der Waals surface area (Å²) in [5.41, 5.74) is 0. The molecule has 1 atom stereocenters. The Labute approximate surface area is 113 Å². The summed E-state index contributed by atoms with van der Waals surface area (Å²) >= 11 is 0. The van der Waals surface area contributed by atoms with Crippen LogP contribution >= 0.6 is 0 Å². The van der Waals surface area contributed by atoms with Crippen LogP contribution in [0.4, 0.5) is 0 Å². The lowest BCUT2D eigenvalue weighted by Crippen LogP contribution is -2.42. The summed E-state index contributed by atoms with van der Waals surface area (Å²) < 4.78 is 11.4. The van der Waals surface area contributed by atoms with Crippen LogP contribution in [0.15, 0.2) is 24.3 Å². The molecule has 1 heterocycles. The lowest BCUT2D eigenvalue weighted by atomic mass is 10.1. The molecule has 1 N–H and O–H groups in total. The highest BCUT2D eigenvalue weighted by molar-refractivity contribution is 5.78. The first-order valence-electron chi connectivity index (χ1n) is 6.99. The van der Waals surface area contributed by atoms with Crippen molar-refractivity contribution in [3.8, 4) is 11.5 Å². The van der Waals surface area contributed by atoms with Gasteiger partial charge < -0.3 is 14.8 Å². The molecule has 1 aliphatic heterocycles. The molecule has 0 unspecified atom stereocenters. The minimum Gasteiger partial charge on any atom is -0.486 e. The first-order chi connectivity index (χ1) is 9.33. The van der Waals surface area contributed by atoms with E-state index in [4.69, 9.17) is 9.47 Å². The molecular weight excluding hydrogens is 242 g/mol. The van der Waals surface area contributed by atoms with Crippen LogP contribution in [0.5, 0.6) is 11.5 Å². The summed E-state index contributed by atoms with van der Waals surface area (Å²) in [5.74, 6) is 1.91. The van der Waals surface area contributed by atoms with Crippen LogP contribution in [0, 0.1) is 5.92 Å². The second-order valence-electron chi connectivity index (χ2n) is 5.22. The van der Waals surface area contributed by atoms with E-state index in [1.54, 1.807) is 0 Å². The number of carbonyl (C=O) groups is 1. The largest absolute Gasteiger partial charge is 0.486 e. The van der Waals surface area contributed by atoms with Gasteiger partial charge in [-0.15, -0.1) is 0 Å². The summed E-state index contributed by atoms with van der Waals surface area (Å²) in [6.45, 7) is 1.01. The van der Waals surface area contributed by atoms with Crippen molar-refractivity contribution in [1.29, 1.82) is 0 Å². The van der Waals surface area contributed by atoms with Crippen LogP contribution in [-0.4, -0.2) is 25.2 Å². The molecule has 1 saturated carbocycles. The van der Waals surface area contributed by atoms with Crippen LogP contribution < -0.4 is 14.8 Å². The number of amides is 1. The Morgan fingerprint density at radius 3 is 2.74 bits per heavy atom. The standard InChI is InChI=1S/C15H19NO3/c17-15(11-5-1-2-6-11)16-9-12-10-18-13-7-3-4-8-14(13)19-12/h3-4,7-8,11-12H,1-2,5-6,9-10H2,(H,16,17)/t12-/m1/s1. The number of hydrogen-bond donors (Lipinski definition) is 1.